The van der Waals surface area contributed by atoms with E-state index in [2.05, 4.69) is 84.5 Å². The Labute approximate surface area is 190 Å². The number of hydrogen-bond donors (Lipinski definition) is 2. The molecule has 4 rings (SSSR count). The minimum Gasteiger partial charge on any atom is -0.331 e. The van der Waals surface area contributed by atoms with E-state index in [9.17, 15) is 0 Å². The third-order valence-electron chi connectivity index (χ3n) is 5.80. The van der Waals surface area contributed by atoms with E-state index in [0.29, 0.717) is 12.4 Å². The van der Waals surface area contributed by atoms with Crippen molar-refractivity contribution in [1.82, 2.24) is 20.0 Å². The number of aryl methyl sites for hydroxylation is 1. The predicted octanol–water partition coefficient (Wildman–Crippen LogP) is 4.87. The molecule has 0 saturated carbocycles. The van der Waals surface area contributed by atoms with Gasteiger partial charge in [0.25, 0.3) is 0 Å². The first kappa shape index (κ1) is 22.0. The molecule has 1 aromatic carbocycles. The van der Waals surface area contributed by atoms with Crippen LogP contribution in [0.5, 0.6) is 0 Å². The Hall–Kier alpha value is -3.25. The molecule has 0 atom stereocenters. The first-order valence-corrected chi connectivity index (χ1v) is 11.4. The number of hydrogen-bond acceptors (Lipinski definition) is 3. The predicted molar refractivity (Wildman–Crippen MR) is 133 cm³/mol. The van der Waals surface area contributed by atoms with E-state index in [1.807, 2.05) is 13.2 Å². The van der Waals surface area contributed by atoms with Gasteiger partial charge in [-0.3, -0.25) is 4.40 Å². The fourth-order valence-corrected chi connectivity index (χ4v) is 3.96. The second-order valence-corrected chi connectivity index (χ2v) is 8.20. The van der Waals surface area contributed by atoms with Crippen LogP contribution in [0.3, 0.4) is 0 Å². The number of aliphatic imine (C=N–C) groups is 2. The highest BCUT2D eigenvalue weighted by molar-refractivity contribution is 6.11. The van der Waals surface area contributed by atoms with E-state index < -0.39 is 0 Å². The van der Waals surface area contributed by atoms with Gasteiger partial charge in [0.2, 0.25) is 5.96 Å². The summed E-state index contributed by atoms with van der Waals surface area (Å²) in [6, 6.07) is 13.1. The van der Waals surface area contributed by atoms with Crippen LogP contribution >= 0.6 is 0 Å². The van der Waals surface area contributed by atoms with Crippen LogP contribution in [0.1, 0.15) is 49.9 Å². The smallest absolute Gasteiger partial charge is 0.222 e. The molecule has 6 heteroatoms. The summed E-state index contributed by atoms with van der Waals surface area (Å²) in [4.78, 5) is 14.9. The van der Waals surface area contributed by atoms with Crippen LogP contribution < -0.4 is 10.6 Å². The van der Waals surface area contributed by atoms with Gasteiger partial charge in [-0.05, 0) is 44.5 Å². The molecule has 2 N–H and O–H groups in total. The molecule has 2 aromatic heterocycles. The van der Waals surface area contributed by atoms with E-state index in [4.69, 9.17) is 15.0 Å². The normalized spacial score (nSPS) is 15.3. The van der Waals surface area contributed by atoms with Gasteiger partial charge in [-0.25, -0.2) is 15.0 Å². The van der Waals surface area contributed by atoms with Crippen molar-refractivity contribution in [3.8, 4) is 11.3 Å². The summed E-state index contributed by atoms with van der Waals surface area (Å²) in [7, 11) is 1.96. The largest absolute Gasteiger partial charge is 0.331 e. The van der Waals surface area contributed by atoms with Crippen molar-refractivity contribution in [3.05, 3.63) is 71.7 Å². The van der Waals surface area contributed by atoms with E-state index in [0.717, 1.165) is 47.7 Å². The van der Waals surface area contributed by atoms with Gasteiger partial charge in [0, 0.05) is 30.9 Å². The Bertz CT molecular complexity index is 1160. The van der Waals surface area contributed by atoms with E-state index >= 15 is 0 Å². The lowest BCUT2D eigenvalue weighted by Gasteiger charge is -2.10. The standard InChI is InChI=1S/C26H32N6/c1-5-21(6-2)29-26-28-14-7-8-22(30-26)25-24(20-11-9-18(3)10-12-20)31-23-16-19(17-27-4)13-15-32(23)25/h7,9-16,21,27H,5-6,8,17H2,1-4H3,(H,28,29). The lowest BCUT2D eigenvalue weighted by molar-refractivity contribution is 0.629. The second kappa shape index (κ2) is 9.92. The van der Waals surface area contributed by atoms with Crippen molar-refractivity contribution in [2.75, 3.05) is 7.05 Å². The highest BCUT2D eigenvalue weighted by Crippen LogP contribution is 2.27. The fourth-order valence-electron chi connectivity index (χ4n) is 3.96. The van der Waals surface area contributed by atoms with Crippen LogP contribution in [0.4, 0.5) is 0 Å². The van der Waals surface area contributed by atoms with Crippen molar-refractivity contribution in [2.45, 2.75) is 52.6 Å². The summed E-state index contributed by atoms with van der Waals surface area (Å²) in [5, 5.41) is 6.48. The average molecular weight is 429 g/mol. The van der Waals surface area contributed by atoms with Crippen molar-refractivity contribution < 1.29 is 0 Å². The van der Waals surface area contributed by atoms with Gasteiger partial charge in [-0.15, -0.1) is 0 Å². The lowest BCUT2D eigenvalue weighted by Crippen LogP contribution is -2.19. The van der Waals surface area contributed by atoms with Gasteiger partial charge in [0.1, 0.15) is 5.65 Å². The number of pyridine rings is 1. The van der Waals surface area contributed by atoms with Crippen LogP contribution in [-0.2, 0) is 6.54 Å². The number of benzene rings is 1. The molecule has 0 saturated heterocycles. The van der Waals surface area contributed by atoms with Crippen molar-refractivity contribution in [3.63, 3.8) is 0 Å². The first-order valence-electron chi connectivity index (χ1n) is 11.4. The molecule has 0 fully saturated rings. The Morgan fingerprint density at radius 3 is 2.66 bits per heavy atom. The van der Waals surface area contributed by atoms with E-state index in [1.54, 1.807) is 0 Å². The van der Waals surface area contributed by atoms with Gasteiger partial charge in [0.05, 0.1) is 23.1 Å². The van der Waals surface area contributed by atoms with Gasteiger partial charge in [-0.1, -0.05) is 49.8 Å². The number of aromatic nitrogens is 2. The summed E-state index contributed by atoms with van der Waals surface area (Å²) in [5.41, 5.74) is 7.37. The number of nitrogens with zero attached hydrogens (tertiary/aromatic N) is 4. The molecule has 0 unspecified atom stereocenters. The molecule has 32 heavy (non-hydrogen) atoms. The molecule has 0 bridgehead atoms. The maximum absolute atomic E-state index is 5.05. The third-order valence-corrected chi connectivity index (χ3v) is 5.80. The molecule has 166 valence electrons. The first-order chi connectivity index (χ1) is 15.6. The second-order valence-electron chi connectivity index (χ2n) is 8.20. The molecule has 1 aliphatic heterocycles. The highest BCUT2D eigenvalue weighted by Gasteiger charge is 2.20. The number of guanidine groups is 1. The Balaban J connectivity index is 1.90. The average Bonchev–Trinajstić information content (AvgIpc) is 3.02. The summed E-state index contributed by atoms with van der Waals surface area (Å²) in [6.45, 7) is 7.24. The molecule has 3 aromatic rings. The molecular weight excluding hydrogens is 396 g/mol. The van der Waals surface area contributed by atoms with Crippen LogP contribution in [0.15, 0.2) is 64.9 Å². The van der Waals surface area contributed by atoms with Crippen LogP contribution in [0.2, 0.25) is 0 Å². The van der Waals surface area contributed by atoms with Crippen LogP contribution in [-0.4, -0.2) is 34.1 Å². The Morgan fingerprint density at radius 2 is 1.94 bits per heavy atom. The minimum absolute atomic E-state index is 0.261. The maximum atomic E-state index is 5.05. The zero-order valence-corrected chi connectivity index (χ0v) is 19.4. The van der Waals surface area contributed by atoms with Gasteiger partial charge in [-0.2, -0.15) is 0 Å². The van der Waals surface area contributed by atoms with Gasteiger partial charge in [0.15, 0.2) is 0 Å². The topological polar surface area (TPSA) is 66.1 Å². The SMILES string of the molecule is CCC(CC)N=C1N=C(c2c(-c3ccc(C)cc3)nc3cc(CNC)ccn23)CC=CN1. The molecule has 6 nitrogen and oxygen atoms in total. The third kappa shape index (κ3) is 4.65. The zero-order chi connectivity index (χ0) is 22.5. The Morgan fingerprint density at radius 1 is 1.16 bits per heavy atom. The molecule has 1 aliphatic rings. The van der Waals surface area contributed by atoms with Crippen LogP contribution in [0.25, 0.3) is 16.9 Å². The summed E-state index contributed by atoms with van der Waals surface area (Å²) < 4.78 is 2.15. The number of imidazole rings is 1. The highest BCUT2D eigenvalue weighted by atomic mass is 15.1. The number of fused-ring (bicyclic) bond motifs is 1. The van der Waals surface area contributed by atoms with Gasteiger partial charge >= 0.3 is 0 Å². The van der Waals surface area contributed by atoms with Crippen molar-refractivity contribution in [1.29, 1.82) is 0 Å². The zero-order valence-electron chi connectivity index (χ0n) is 19.4. The lowest BCUT2D eigenvalue weighted by atomic mass is 10.0. The number of allylic oxidation sites excluding steroid dienone is 1. The molecular formula is C26H32N6. The molecule has 0 spiro atoms. The quantitative estimate of drug-likeness (QED) is 0.564. The molecule has 3 heterocycles. The van der Waals surface area contributed by atoms with E-state index in [1.165, 1.54) is 11.1 Å². The fraction of sp³-hybridized carbons (Fsp3) is 0.346. The number of nitrogens with one attached hydrogen (secondary N) is 2. The summed E-state index contributed by atoms with van der Waals surface area (Å²) >= 11 is 0. The number of rotatable bonds is 7. The molecule has 0 radical (unpaired) electrons. The minimum atomic E-state index is 0.261. The monoisotopic (exact) mass is 428 g/mol. The summed E-state index contributed by atoms with van der Waals surface area (Å²) in [6.07, 6.45) is 8.84. The van der Waals surface area contributed by atoms with Gasteiger partial charge < -0.3 is 10.6 Å². The maximum Gasteiger partial charge on any atom is 0.222 e. The van der Waals surface area contributed by atoms with Crippen molar-refractivity contribution >= 4 is 17.3 Å². The molecule has 0 amide bonds. The van der Waals surface area contributed by atoms with Crippen molar-refractivity contribution in [2.24, 2.45) is 9.98 Å². The van der Waals surface area contributed by atoms with E-state index in [-0.39, 0.29) is 6.04 Å². The van der Waals surface area contributed by atoms with Crippen LogP contribution in [0, 0.1) is 6.92 Å². The Kier molecular flexibility index (Phi) is 6.81. The summed E-state index contributed by atoms with van der Waals surface area (Å²) in [5.74, 6) is 0.666. The molecule has 0 aliphatic carbocycles.